The Labute approximate surface area is 214 Å². The molecule has 1 fully saturated rings. The first-order valence-corrected chi connectivity index (χ1v) is 12.6. The predicted octanol–water partition coefficient (Wildman–Crippen LogP) is 4.84. The number of aromatic nitrogens is 3. The van der Waals surface area contributed by atoms with Crippen molar-refractivity contribution in [3.8, 4) is 11.5 Å². The number of alkyl halides is 2. The zero-order valence-electron chi connectivity index (χ0n) is 21.5. The number of imidazole rings is 1. The van der Waals surface area contributed by atoms with E-state index in [1.54, 1.807) is 17.0 Å². The van der Waals surface area contributed by atoms with Crippen molar-refractivity contribution in [1.82, 2.24) is 24.3 Å². The summed E-state index contributed by atoms with van der Waals surface area (Å²) < 4.78 is 31.1. The van der Waals surface area contributed by atoms with Crippen LogP contribution in [-0.2, 0) is 18.4 Å². The predicted molar refractivity (Wildman–Crippen MR) is 140 cm³/mol. The zero-order valence-corrected chi connectivity index (χ0v) is 21.5. The third-order valence-electron chi connectivity index (χ3n) is 7.16. The summed E-state index contributed by atoms with van der Waals surface area (Å²) in [6.45, 7) is 6.11. The second-order valence-electron chi connectivity index (χ2n) is 10.1. The molecule has 2 amide bonds. The second-order valence-corrected chi connectivity index (χ2v) is 10.1. The Morgan fingerprint density at radius 2 is 1.86 bits per heavy atom. The minimum absolute atomic E-state index is 0.0645. The van der Waals surface area contributed by atoms with E-state index in [4.69, 9.17) is 4.98 Å². The van der Waals surface area contributed by atoms with Gasteiger partial charge in [0.05, 0.1) is 16.7 Å². The lowest BCUT2D eigenvalue weighted by Crippen LogP contribution is -2.54. The van der Waals surface area contributed by atoms with E-state index in [1.165, 1.54) is 0 Å². The molecule has 0 aliphatic carbocycles. The number of aryl methyl sites for hydroxylation is 2. The number of nitrogens with one attached hydrogen (secondary N) is 1. The van der Waals surface area contributed by atoms with Crippen LogP contribution in [0.2, 0.25) is 0 Å². The number of halogens is 2. The van der Waals surface area contributed by atoms with Gasteiger partial charge in [0.2, 0.25) is 0 Å². The molecule has 1 aliphatic rings. The van der Waals surface area contributed by atoms with Crippen LogP contribution in [-0.4, -0.2) is 55.9 Å². The Bertz CT molecular complexity index is 1500. The van der Waals surface area contributed by atoms with Crippen molar-refractivity contribution in [3.05, 3.63) is 54.1 Å². The number of fused-ring (bicyclic) bond motifs is 2. The lowest BCUT2D eigenvalue weighted by atomic mass is 9.95. The Morgan fingerprint density at radius 3 is 2.59 bits per heavy atom. The number of nitrogens with zero attached hydrogens (tertiary/aromatic N) is 4. The summed E-state index contributed by atoms with van der Waals surface area (Å²) in [6.07, 6.45) is 0.541. The van der Waals surface area contributed by atoms with Crippen molar-refractivity contribution < 1.29 is 18.4 Å². The van der Waals surface area contributed by atoms with Crippen molar-refractivity contribution in [1.29, 1.82) is 0 Å². The highest BCUT2D eigenvalue weighted by Gasteiger charge is 2.36. The van der Waals surface area contributed by atoms with E-state index in [0.717, 1.165) is 34.5 Å². The smallest absolute Gasteiger partial charge is 0.321 e. The van der Waals surface area contributed by atoms with E-state index in [-0.39, 0.29) is 18.4 Å². The number of hydrogen-bond donors (Lipinski definition) is 1. The molecule has 7 nitrogen and oxygen atoms in total. The van der Waals surface area contributed by atoms with Gasteiger partial charge in [-0.25, -0.2) is 4.98 Å². The minimum Gasteiger partial charge on any atom is -0.346 e. The van der Waals surface area contributed by atoms with Crippen LogP contribution < -0.4 is 5.32 Å². The zero-order chi connectivity index (χ0) is 26.5. The van der Waals surface area contributed by atoms with Crippen molar-refractivity contribution in [2.75, 3.05) is 13.1 Å². The fourth-order valence-corrected chi connectivity index (χ4v) is 5.41. The van der Waals surface area contributed by atoms with Crippen molar-refractivity contribution in [2.45, 2.75) is 45.7 Å². The summed E-state index contributed by atoms with van der Waals surface area (Å²) in [7, 11) is 1.97. The van der Waals surface area contributed by atoms with Gasteiger partial charge < -0.3 is 19.4 Å². The molecule has 2 atom stereocenters. The maximum atomic E-state index is 13.4. The number of piperidine rings is 1. The molecular weight excluding hydrogens is 476 g/mol. The number of hydrogen-bond acceptors (Lipinski definition) is 3. The topological polar surface area (TPSA) is 72.2 Å². The summed E-state index contributed by atoms with van der Waals surface area (Å²) in [5.74, 6) is -4.10. The number of rotatable bonds is 5. The van der Waals surface area contributed by atoms with Gasteiger partial charge in [0, 0.05) is 56.1 Å². The quantitative estimate of drug-likeness (QED) is 0.420. The molecule has 0 radical (unpaired) electrons. The largest absolute Gasteiger partial charge is 0.346 e. The van der Waals surface area contributed by atoms with E-state index < -0.39 is 17.9 Å². The van der Waals surface area contributed by atoms with Gasteiger partial charge in [-0.15, -0.1) is 0 Å². The Kier molecular flexibility index (Phi) is 6.25. The van der Waals surface area contributed by atoms with Gasteiger partial charge in [-0.05, 0) is 49.6 Å². The molecule has 194 valence electrons. The molecular formula is C28H31F2N5O2. The van der Waals surface area contributed by atoms with Gasteiger partial charge in [0.25, 0.3) is 11.8 Å². The average Bonchev–Trinajstić information content (AvgIpc) is 3.39. The highest BCUT2D eigenvalue weighted by molar-refractivity contribution is 5.98. The highest BCUT2D eigenvalue weighted by Crippen LogP contribution is 2.30. The number of carbonyl (C=O) groups excluding carboxylic acids is 2. The van der Waals surface area contributed by atoms with Crippen LogP contribution in [0.4, 0.5) is 8.78 Å². The molecule has 1 saturated heterocycles. The van der Waals surface area contributed by atoms with Gasteiger partial charge in [0.1, 0.15) is 0 Å². The van der Waals surface area contributed by atoms with Crippen LogP contribution in [0.3, 0.4) is 0 Å². The maximum Gasteiger partial charge on any atom is 0.321 e. The summed E-state index contributed by atoms with van der Waals surface area (Å²) in [4.78, 5) is 31.8. The summed E-state index contributed by atoms with van der Waals surface area (Å²) in [5, 5.41) is 3.55. The molecule has 1 N–H and O–H groups in total. The summed E-state index contributed by atoms with van der Waals surface area (Å²) in [6, 6.07) is 15.3. The molecule has 0 saturated carbocycles. The molecule has 2 aromatic heterocycles. The molecule has 37 heavy (non-hydrogen) atoms. The molecule has 4 aromatic rings. The van der Waals surface area contributed by atoms with Gasteiger partial charge in [-0.2, -0.15) is 8.78 Å². The van der Waals surface area contributed by atoms with E-state index in [9.17, 15) is 18.4 Å². The van der Waals surface area contributed by atoms with E-state index in [0.29, 0.717) is 31.0 Å². The SMILES string of the molecule is CCn1c(-c2nc3cc(C(=O)N4CC(C)CC(NC(=O)C(C)(F)F)C4)ccc3n2C)cc2ccccc21. The number of para-hydroxylation sites is 1. The Balaban J connectivity index is 1.44. The molecule has 3 heterocycles. The first-order valence-electron chi connectivity index (χ1n) is 12.6. The third-order valence-corrected chi connectivity index (χ3v) is 7.16. The number of benzene rings is 2. The van der Waals surface area contributed by atoms with Crippen LogP contribution in [0.1, 0.15) is 37.6 Å². The molecule has 5 rings (SSSR count). The molecule has 2 aromatic carbocycles. The third kappa shape index (κ3) is 4.58. The molecule has 0 bridgehead atoms. The van der Waals surface area contributed by atoms with Crippen LogP contribution in [0.25, 0.3) is 33.5 Å². The van der Waals surface area contributed by atoms with E-state index >= 15 is 0 Å². The Morgan fingerprint density at radius 1 is 1.11 bits per heavy atom. The highest BCUT2D eigenvalue weighted by atomic mass is 19.3. The van der Waals surface area contributed by atoms with Gasteiger partial charge in [-0.3, -0.25) is 9.59 Å². The normalized spacial score (nSPS) is 18.5. The molecule has 9 heteroatoms. The fraction of sp³-hybridized carbons (Fsp3) is 0.393. The Hall–Kier alpha value is -3.75. The number of carbonyl (C=O) groups is 2. The molecule has 0 spiro atoms. The number of likely N-dealkylation sites (tertiary alicyclic amines) is 1. The lowest BCUT2D eigenvalue weighted by molar-refractivity contribution is -0.144. The van der Waals surface area contributed by atoms with Gasteiger partial charge in [-0.1, -0.05) is 25.1 Å². The van der Waals surface area contributed by atoms with Gasteiger partial charge >= 0.3 is 5.92 Å². The maximum absolute atomic E-state index is 13.4. The van der Waals surface area contributed by atoms with Crippen molar-refractivity contribution >= 4 is 33.8 Å². The lowest BCUT2D eigenvalue weighted by Gasteiger charge is -2.37. The standard InChI is InChI=1S/C28H31F2N5O2/c1-5-35-22-9-7-6-8-18(22)14-24(35)25-32-21-13-19(10-11-23(21)33(25)4)26(36)34-15-17(2)12-20(16-34)31-27(37)28(3,29)30/h6-11,13-14,17,20H,5,12,15-16H2,1-4H3,(H,31,37). The second kappa shape index (κ2) is 9.28. The fourth-order valence-electron chi connectivity index (χ4n) is 5.41. The molecule has 2 unspecified atom stereocenters. The van der Waals surface area contributed by atoms with Crippen LogP contribution >= 0.6 is 0 Å². The van der Waals surface area contributed by atoms with Gasteiger partial charge in [0.15, 0.2) is 5.82 Å². The minimum atomic E-state index is -3.46. The van der Waals surface area contributed by atoms with E-state index in [1.807, 2.05) is 36.7 Å². The van der Waals surface area contributed by atoms with Crippen LogP contribution in [0.15, 0.2) is 48.5 Å². The van der Waals surface area contributed by atoms with Crippen molar-refractivity contribution in [2.24, 2.45) is 13.0 Å². The van der Waals surface area contributed by atoms with Crippen LogP contribution in [0.5, 0.6) is 0 Å². The average molecular weight is 508 g/mol. The van der Waals surface area contributed by atoms with Crippen molar-refractivity contribution in [3.63, 3.8) is 0 Å². The number of amides is 2. The van der Waals surface area contributed by atoms with Crippen LogP contribution in [0, 0.1) is 5.92 Å². The first-order chi connectivity index (χ1) is 17.6. The summed E-state index contributed by atoms with van der Waals surface area (Å²) in [5.41, 5.74) is 4.24. The first kappa shape index (κ1) is 24.9. The monoisotopic (exact) mass is 507 g/mol. The van der Waals surface area contributed by atoms with E-state index in [2.05, 4.69) is 35.0 Å². The summed E-state index contributed by atoms with van der Waals surface area (Å²) >= 11 is 0. The molecule has 1 aliphatic heterocycles.